The van der Waals surface area contributed by atoms with Gasteiger partial charge in [0.1, 0.15) is 12.4 Å². The van der Waals surface area contributed by atoms with E-state index >= 15 is 0 Å². The SMILES string of the molecule is Cc1nn(C)cc1CN1CCN(C(=O)c2ccc(COc3c(Cl)cc(Cl)cc3Cl)o2)CC1. The van der Waals surface area contributed by atoms with E-state index in [1.165, 1.54) is 5.56 Å². The number of carbonyl (C=O) groups is 1. The number of rotatable bonds is 6. The first-order valence-corrected chi connectivity index (χ1v) is 11.3. The molecular weight excluding hydrogens is 475 g/mol. The number of piperazine rings is 1. The van der Waals surface area contributed by atoms with Crippen LogP contribution in [0.4, 0.5) is 0 Å². The minimum Gasteiger partial charge on any atom is -0.483 e. The van der Waals surface area contributed by atoms with Gasteiger partial charge in [-0.25, -0.2) is 0 Å². The number of aromatic nitrogens is 2. The molecule has 0 N–H and O–H groups in total. The average molecular weight is 498 g/mol. The molecule has 1 saturated heterocycles. The normalized spacial score (nSPS) is 14.7. The van der Waals surface area contributed by atoms with Crippen molar-refractivity contribution in [2.24, 2.45) is 7.05 Å². The van der Waals surface area contributed by atoms with E-state index in [1.807, 2.05) is 29.7 Å². The summed E-state index contributed by atoms with van der Waals surface area (Å²) in [6.45, 7) is 5.81. The molecule has 1 amide bonds. The largest absolute Gasteiger partial charge is 0.483 e. The van der Waals surface area contributed by atoms with Crippen LogP contribution in [0.15, 0.2) is 34.9 Å². The van der Waals surface area contributed by atoms with Gasteiger partial charge in [-0.05, 0) is 31.2 Å². The van der Waals surface area contributed by atoms with Gasteiger partial charge in [0.2, 0.25) is 0 Å². The molecule has 2 aromatic heterocycles. The molecule has 170 valence electrons. The van der Waals surface area contributed by atoms with E-state index in [9.17, 15) is 4.79 Å². The topological polar surface area (TPSA) is 63.7 Å². The third-order valence-corrected chi connectivity index (χ3v) is 6.14. The van der Waals surface area contributed by atoms with E-state index < -0.39 is 0 Å². The highest BCUT2D eigenvalue weighted by Gasteiger charge is 2.25. The van der Waals surface area contributed by atoms with Gasteiger partial charge < -0.3 is 14.1 Å². The quantitative estimate of drug-likeness (QED) is 0.489. The summed E-state index contributed by atoms with van der Waals surface area (Å²) in [5.74, 6) is 0.979. The van der Waals surface area contributed by atoms with Crippen LogP contribution in [0.2, 0.25) is 15.1 Å². The molecule has 4 rings (SSSR count). The summed E-state index contributed by atoms with van der Waals surface area (Å²) in [7, 11) is 1.93. The lowest BCUT2D eigenvalue weighted by atomic mass is 10.2. The van der Waals surface area contributed by atoms with E-state index in [-0.39, 0.29) is 18.3 Å². The van der Waals surface area contributed by atoms with E-state index in [2.05, 4.69) is 10.00 Å². The summed E-state index contributed by atoms with van der Waals surface area (Å²) in [6.07, 6.45) is 2.05. The van der Waals surface area contributed by atoms with Gasteiger partial charge in [0.05, 0.1) is 15.7 Å². The van der Waals surface area contributed by atoms with Crippen molar-refractivity contribution < 1.29 is 13.9 Å². The summed E-state index contributed by atoms with van der Waals surface area (Å²) in [5.41, 5.74) is 2.25. The molecular formula is C22H23Cl3N4O3. The van der Waals surface area contributed by atoms with Crippen molar-refractivity contribution in [3.8, 4) is 5.75 Å². The Bertz CT molecular complexity index is 1100. The molecule has 0 bridgehead atoms. The highest BCUT2D eigenvalue weighted by atomic mass is 35.5. The maximum atomic E-state index is 12.9. The van der Waals surface area contributed by atoms with Crippen LogP contribution in [-0.2, 0) is 20.2 Å². The fourth-order valence-electron chi connectivity index (χ4n) is 3.69. The summed E-state index contributed by atoms with van der Waals surface area (Å²) < 4.78 is 13.2. The van der Waals surface area contributed by atoms with Crippen LogP contribution in [0, 0.1) is 6.92 Å². The van der Waals surface area contributed by atoms with E-state index in [0.717, 1.165) is 25.3 Å². The van der Waals surface area contributed by atoms with Crippen LogP contribution in [0.25, 0.3) is 0 Å². The average Bonchev–Trinajstić information content (AvgIpc) is 3.33. The Balaban J connectivity index is 1.31. The highest BCUT2D eigenvalue weighted by Crippen LogP contribution is 2.36. The summed E-state index contributed by atoms with van der Waals surface area (Å²) in [5, 5.41) is 5.44. The third-order valence-electron chi connectivity index (χ3n) is 5.36. The Labute approximate surface area is 201 Å². The Morgan fingerprint density at radius 3 is 2.44 bits per heavy atom. The molecule has 0 unspecified atom stereocenters. The number of furan rings is 1. The van der Waals surface area contributed by atoms with Gasteiger partial charge >= 0.3 is 0 Å². The summed E-state index contributed by atoms with van der Waals surface area (Å²) in [4.78, 5) is 17.0. The number of hydrogen-bond donors (Lipinski definition) is 0. The van der Waals surface area contributed by atoms with Gasteiger partial charge in [-0.2, -0.15) is 5.10 Å². The highest BCUT2D eigenvalue weighted by molar-refractivity contribution is 6.40. The zero-order chi connectivity index (χ0) is 22.8. The molecule has 0 saturated carbocycles. The Morgan fingerprint density at radius 1 is 1.12 bits per heavy atom. The molecule has 0 radical (unpaired) electrons. The Morgan fingerprint density at radius 2 is 1.81 bits per heavy atom. The second kappa shape index (κ2) is 9.75. The molecule has 1 aliphatic rings. The summed E-state index contributed by atoms with van der Waals surface area (Å²) >= 11 is 18.2. The first-order valence-electron chi connectivity index (χ1n) is 10.2. The number of carbonyl (C=O) groups excluding carboxylic acids is 1. The van der Waals surface area contributed by atoms with Gasteiger partial charge in [0.25, 0.3) is 5.91 Å². The zero-order valence-electron chi connectivity index (χ0n) is 17.8. The van der Waals surface area contributed by atoms with E-state index in [1.54, 1.807) is 24.3 Å². The van der Waals surface area contributed by atoms with Crippen molar-refractivity contribution in [2.75, 3.05) is 26.2 Å². The number of ether oxygens (including phenoxy) is 1. The van der Waals surface area contributed by atoms with E-state index in [4.69, 9.17) is 44.0 Å². The van der Waals surface area contributed by atoms with Crippen LogP contribution in [0.1, 0.15) is 27.6 Å². The number of aryl methyl sites for hydroxylation is 2. The summed E-state index contributed by atoms with van der Waals surface area (Å²) in [6, 6.07) is 6.48. The number of hydrogen-bond acceptors (Lipinski definition) is 5. The standard InChI is InChI=1S/C22H23Cl3N4O3/c1-14-15(11-27(2)26-14)12-28-5-7-29(8-6-28)22(30)20-4-3-17(32-20)13-31-21-18(24)9-16(23)10-19(21)25/h3-4,9-11H,5-8,12-13H2,1-2H3. The predicted octanol–water partition coefficient (Wildman–Crippen LogP) is 4.82. The van der Waals surface area contributed by atoms with Crippen molar-refractivity contribution in [3.05, 3.63) is 68.3 Å². The Kier molecular flexibility index (Phi) is 7.00. The first kappa shape index (κ1) is 23.0. The molecule has 0 aliphatic carbocycles. The van der Waals surface area contributed by atoms with Crippen LogP contribution in [0.3, 0.4) is 0 Å². The van der Waals surface area contributed by atoms with Crippen molar-refractivity contribution in [1.29, 1.82) is 0 Å². The second-order valence-electron chi connectivity index (χ2n) is 7.73. The van der Waals surface area contributed by atoms with Gasteiger partial charge in [-0.3, -0.25) is 14.4 Å². The molecule has 0 spiro atoms. The van der Waals surface area contributed by atoms with Crippen LogP contribution < -0.4 is 4.74 Å². The molecule has 3 heterocycles. The molecule has 1 fully saturated rings. The lowest BCUT2D eigenvalue weighted by Crippen LogP contribution is -2.48. The minimum absolute atomic E-state index is 0.0899. The zero-order valence-corrected chi connectivity index (χ0v) is 20.0. The van der Waals surface area contributed by atoms with Crippen molar-refractivity contribution in [2.45, 2.75) is 20.1 Å². The molecule has 3 aromatic rings. The third kappa shape index (κ3) is 5.23. The fourth-order valence-corrected chi connectivity index (χ4v) is 4.62. The molecule has 1 aromatic carbocycles. The van der Waals surface area contributed by atoms with Crippen molar-refractivity contribution in [1.82, 2.24) is 19.6 Å². The molecule has 0 atom stereocenters. The molecule has 10 heteroatoms. The smallest absolute Gasteiger partial charge is 0.289 e. The van der Waals surface area contributed by atoms with Crippen LogP contribution in [-0.4, -0.2) is 51.7 Å². The number of amides is 1. The number of benzene rings is 1. The van der Waals surface area contributed by atoms with Crippen LogP contribution >= 0.6 is 34.8 Å². The number of halogens is 3. The lowest BCUT2D eigenvalue weighted by Gasteiger charge is -2.34. The second-order valence-corrected chi connectivity index (χ2v) is 8.99. The van der Waals surface area contributed by atoms with Gasteiger partial charge in [-0.1, -0.05) is 34.8 Å². The van der Waals surface area contributed by atoms with Gasteiger partial charge in [0.15, 0.2) is 11.5 Å². The fraction of sp³-hybridized carbons (Fsp3) is 0.364. The van der Waals surface area contributed by atoms with Crippen molar-refractivity contribution in [3.63, 3.8) is 0 Å². The first-order chi connectivity index (χ1) is 15.3. The predicted molar refractivity (Wildman–Crippen MR) is 124 cm³/mol. The van der Waals surface area contributed by atoms with Crippen molar-refractivity contribution >= 4 is 40.7 Å². The maximum absolute atomic E-state index is 12.9. The number of nitrogens with zero attached hydrogens (tertiary/aromatic N) is 4. The maximum Gasteiger partial charge on any atom is 0.289 e. The monoisotopic (exact) mass is 496 g/mol. The molecule has 1 aliphatic heterocycles. The van der Waals surface area contributed by atoms with Gasteiger partial charge in [0, 0.05) is 56.6 Å². The minimum atomic E-state index is -0.129. The van der Waals surface area contributed by atoms with E-state index in [0.29, 0.717) is 39.7 Å². The molecule has 32 heavy (non-hydrogen) atoms. The Hall–Kier alpha value is -2.19. The molecule has 7 nitrogen and oxygen atoms in total. The lowest BCUT2D eigenvalue weighted by molar-refractivity contribution is 0.0594. The van der Waals surface area contributed by atoms with Crippen LogP contribution in [0.5, 0.6) is 5.75 Å². The van der Waals surface area contributed by atoms with Gasteiger partial charge in [-0.15, -0.1) is 0 Å².